The molecule has 3 aromatic rings. The van der Waals surface area contributed by atoms with E-state index in [9.17, 15) is 4.79 Å². The molecule has 0 spiro atoms. The maximum Gasteiger partial charge on any atom is 0.229 e. The number of nitrogens with zero attached hydrogens (tertiary/aromatic N) is 3. The SMILES string of the molecule is Cc1cc(C)nc(Nc2nc(CC(=O)NCCc3ccc(Cl)cc3)cs2)n1. The Morgan fingerprint density at radius 2 is 1.81 bits per heavy atom. The molecule has 3 rings (SSSR count). The number of thiazole rings is 1. The number of anilines is 2. The molecule has 2 N–H and O–H groups in total. The molecule has 0 fully saturated rings. The van der Waals surface area contributed by atoms with Crippen molar-refractivity contribution in [2.45, 2.75) is 26.7 Å². The highest BCUT2D eigenvalue weighted by Gasteiger charge is 2.09. The quantitative estimate of drug-likeness (QED) is 0.628. The van der Waals surface area contributed by atoms with Crippen molar-refractivity contribution >= 4 is 39.9 Å². The molecule has 1 amide bonds. The van der Waals surface area contributed by atoms with Crippen LogP contribution in [-0.2, 0) is 17.6 Å². The van der Waals surface area contributed by atoms with Gasteiger partial charge in [0.05, 0.1) is 12.1 Å². The number of carbonyl (C=O) groups is 1. The van der Waals surface area contributed by atoms with E-state index in [0.29, 0.717) is 22.6 Å². The van der Waals surface area contributed by atoms with Gasteiger partial charge in [0.15, 0.2) is 5.13 Å². The summed E-state index contributed by atoms with van der Waals surface area (Å²) in [6.45, 7) is 4.41. The van der Waals surface area contributed by atoms with E-state index in [-0.39, 0.29) is 12.3 Å². The molecule has 2 aromatic heterocycles. The van der Waals surface area contributed by atoms with Crippen molar-refractivity contribution in [3.05, 3.63) is 63.4 Å². The van der Waals surface area contributed by atoms with Gasteiger partial charge in [0.2, 0.25) is 11.9 Å². The van der Waals surface area contributed by atoms with E-state index < -0.39 is 0 Å². The predicted octanol–water partition coefficient (Wildman–Crippen LogP) is 3.85. The lowest BCUT2D eigenvalue weighted by atomic mass is 10.1. The second-order valence-corrected chi connectivity index (χ2v) is 7.44. The van der Waals surface area contributed by atoms with Crippen LogP contribution in [0.4, 0.5) is 11.1 Å². The van der Waals surface area contributed by atoms with Gasteiger partial charge < -0.3 is 10.6 Å². The van der Waals surface area contributed by atoms with E-state index in [1.807, 2.05) is 49.6 Å². The zero-order valence-electron chi connectivity index (χ0n) is 15.1. The third kappa shape index (κ3) is 6.01. The molecule has 0 unspecified atom stereocenters. The number of rotatable bonds is 7. The highest BCUT2D eigenvalue weighted by molar-refractivity contribution is 7.13. The fourth-order valence-electron chi connectivity index (χ4n) is 2.55. The Labute approximate surface area is 167 Å². The van der Waals surface area contributed by atoms with Crippen LogP contribution in [0, 0.1) is 13.8 Å². The van der Waals surface area contributed by atoms with Crippen molar-refractivity contribution < 1.29 is 4.79 Å². The largest absolute Gasteiger partial charge is 0.355 e. The molecular formula is C19H20ClN5OS. The number of carbonyl (C=O) groups excluding carboxylic acids is 1. The second-order valence-electron chi connectivity index (χ2n) is 6.15. The average molecular weight is 402 g/mol. The maximum atomic E-state index is 12.1. The minimum Gasteiger partial charge on any atom is -0.355 e. The van der Waals surface area contributed by atoms with Gasteiger partial charge in [-0.1, -0.05) is 23.7 Å². The lowest BCUT2D eigenvalue weighted by Crippen LogP contribution is -2.27. The molecule has 8 heteroatoms. The molecule has 0 aliphatic carbocycles. The van der Waals surface area contributed by atoms with Crippen LogP contribution in [0.3, 0.4) is 0 Å². The monoisotopic (exact) mass is 401 g/mol. The highest BCUT2D eigenvalue weighted by atomic mass is 35.5. The first-order valence-corrected chi connectivity index (χ1v) is 9.78. The number of hydrogen-bond acceptors (Lipinski definition) is 6. The molecule has 27 heavy (non-hydrogen) atoms. The third-order valence-corrected chi connectivity index (χ3v) is 4.80. The minimum atomic E-state index is -0.0523. The molecule has 1 aromatic carbocycles. The molecule has 0 saturated heterocycles. The van der Waals surface area contributed by atoms with Gasteiger partial charge >= 0.3 is 0 Å². The molecular weight excluding hydrogens is 382 g/mol. The number of aryl methyl sites for hydroxylation is 2. The highest BCUT2D eigenvalue weighted by Crippen LogP contribution is 2.19. The van der Waals surface area contributed by atoms with Crippen LogP contribution in [0.5, 0.6) is 0 Å². The van der Waals surface area contributed by atoms with Crippen molar-refractivity contribution in [1.82, 2.24) is 20.3 Å². The zero-order valence-corrected chi connectivity index (χ0v) is 16.7. The van der Waals surface area contributed by atoms with E-state index in [1.54, 1.807) is 0 Å². The Morgan fingerprint density at radius 3 is 2.52 bits per heavy atom. The summed E-state index contributed by atoms with van der Waals surface area (Å²) < 4.78 is 0. The van der Waals surface area contributed by atoms with Crippen molar-refractivity contribution in [1.29, 1.82) is 0 Å². The summed E-state index contributed by atoms with van der Waals surface area (Å²) in [5.41, 5.74) is 3.63. The Balaban J connectivity index is 1.48. The second kappa shape index (κ2) is 8.92. The topological polar surface area (TPSA) is 79.8 Å². The minimum absolute atomic E-state index is 0.0523. The molecule has 2 heterocycles. The van der Waals surface area contributed by atoms with Crippen molar-refractivity contribution in [2.24, 2.45) is 0 Å². The van der Waals surface area contributed by atoms with Gasteiger partial charge in [0.25, 0.3) is 0 Å². The molecule has 140 valence electrons. The van der Waals surface area contributed by atoms with Crippen molar-refractivity contribution in [3.8, 4) is 0 Å². The van der Waals surface area contributed by atoms with Gasteiger partial charge in [-0.3, -0.25) is 4.79 Å². The summed E-state index contributed by atoms with van der Waals surface area (Å²) in [5, 5.41) is 9.25. The van der Waals surface area contributed by atoms with Crippen LogP contribution in [-0.4, -0.2) is 27.4 Å². The summed E-state index contributed by atoms with van der Waals surface area (Å²) in [7, 11) is 0. The molecule has 0 bridgehead atoms. The van der Waals surface area contributed by atoms with Crippen LogP contribution in [0.25, 0.3) is 0 Å². The third-order valence-electron chi connectivity index (χ3n) is 3.74. The van der Waals surface area contributed by atoms with Crippen LogP contribution >= 0.6 is 22.9 Å². The van der Waals surface area contributed by atoms with Gasteiger partial charge in [-0.2, -0.15) is 0 Å². The van der Waals surface area contributed by atoms with Crippen LogP contribution in [0.1, 0.15) is 22.6 Å². The normalized spacial score (nSPS) is 10.6. The van der Waals surface area contributed by atoms with Gasteiger partial charge in [-0.15, -0.1) is 11.3 Å². The first-order valence-electron chi connectivity index (χ1n) is 8.53. The van der Waals surface area contributed by atoms with Gasteiger partial charge in [-0.05, 0) is 44.0 Å². The molecule has 0 aliphatic rings. The van der Waals surface area contributed by atoms with E-state index in [1.165, 1.54) is 11.3 Å². The Morgan fingerprint density at radius 1 is 1.11 bits per heavy atom. The summed E-state index contributed by atoms with van der Waals surface area (Å²) >= 11 is 7.29. The van der Waals surface area contributed by atoms with E-state index >= 15 is 0 Å². The summed E-state index contributed by atoms with van der Waals surface area (Å²) in [4.78, 5) is 25.2. The Kier molecular flexibility index (Phi) is 6.36. The van der Waals surface area contributed by atoms with Crippen LogP contribution in [0.2, 0.25) is 5.02 Å². The van der Waals surface area contributed by atoms with E-state index in [2.05, 4.69) is 25.6 Å². The number of nitrogens with one attached hydrogen (secondary N) is 2. The van der Waals surface area contributed by atoms with Crippen molar-refractivity contribution in [3.63, 3.8) is 0 Å². The standard InChI is InChI=1S/C19H20ClN5OS/c1-12-9-13(2)23-18(22-12)25-19-24-16(11-27-19)10-17(26)21-8-7-14-3-5-15(20)6-4-14/h3-6,9,11H,7-8,10H2,1-2H3,(H,21,26)(H,22,23,24,25). The van der Waals surface area contributed by atoms with Crippen LogP contribution in [0.15, 0.2) is 35.7 Å². The first kappa shape index (κ1) is 19.3. The first-order chi connectivity index (χ1) is 13.0. The molecule has 6 nitrogen and oxygen atoms in total. The summed E-state index contributed by atoms with van der Waals surface area (Å²) in [6, 6.07) is 9.53. The zero-order chi connectivity index (χ0) is 19.2. The number of benzene rings is 1. The molecule has 0 radical (unpaired) electrons. The Bertz CT molecular complexity index is 906. The Hall–Kier alpha value is -2.51. The van der Waals surface area contributed by atoms with E-state index in [4.69, 9.17) is 11.6 Å². The van der Waals surface area contributed by atoms with Gasteiger partial charge in [-0.25, -0.2) is 15.0 Å². The molecule has 0 saturated carbocycles. The summed E-state index contributed by atoms with van der Waals surface area (Å²) in [5.74, 6) is 0.462. The number of amides is 1. The predicted molar refractivity (Wildman–Crippen MR) is 109 cm³/mol. The maximum absolute atomic E-state index is 12.1. The lowest BCUT2D eigenvalue weighted by molar-refractivity contribution is -0.120. The molecule has 0 atom stereocenters. The van der Waals surface area contributed by atoms with Gasteiger partial charge in [0, 0.05) is 28.3 Å². The average Bonchev–Trinajstić information content (AvgIpc) is 3.02. The number of aromatic nitrogens is 3. The number of halogens is 1. The summed E-state index contributed by atoms with van der Waals surface area (Å²) in [6.07, 6.45) is 1.00. The fraction of sp³-hybridized carbons (Fsp3) is 0.263. The van der Waals surface area contributed by atoms with Gasteiger partial charge in [0.1, 0.15) is 0 Å². The lowest BCUT2D eigenvalue weighted by Gasteiger charge is -2.05. The fourth-order valence-corrected chi connectivity index (χ4v) is 3.38. The number of hydrogen-bond donors (Lipinski definition) is 2. The van der Waals surface area contributed by atoms with Crippen molar-refractivity contribution in [2.75, 3.05) is 11.9 Å². The van der Waals surface area contributed by atoms with Crippen LogP contribution < -0.4 is 10.6 Å². The van der Waals surface area contributed by atoms with E-state index in [0.717, 1.165) is 29.1 Å². The smallest absolute Gasteiger partial charge is 0.229 e. The molecule has 0 aliphatic heterocycles.